The Morgan fingerprint density at radius 3 is 2.41 bits per heavy atom. The van der Waals surface area contributed by atoms with Crippen LogP contribution in [0.15, 0.2) is 52.9 Å². The van der Waals surface area contributed by atoms with Gasteiger partial charge in [-0.2, -0.15) is 0 Å². The minimum absolute atomic E-state index is 0.0269. The second-order valence-corrected chi connectivity index (χ2v) is 10.2. The van der Waals surface area contributed by atoms with Gasteiger partial charge in [-0.15, -0.1) is 22.7 Å². The van der Waals surface area contributed by atoms with Crippen LogP contribution in [0.25, 0.3) is 20.7 Å². The maximum atomic E-state index is 13.0. The fourth-order valence-corrected chi connectivity index (χ4v) is 5.75. The molecule has 4 aromatic rings. The van der Waals surface area contributed by atoms with Crippen molar-refractivity contribution in [2.75, 3.05) is 26.2 Å². The molecule has 10 heteroatoms. The van der Waals surface area contributed by atoms with Crippen LogP contribution < -0.4 is 5.56 Å². The highest BCUT2D eigenvalue weighted by Crippen LogP contribution is 2.30. The summed E-state index contributed by atoms with van der Waals surface area (Å²) < 4.78 is 1.37. The number of fused-ring (bicyclic) bond motifs is 1. The minimum atomic E-state index is -0.218. The van der Waals surface area contributed by atoms with Crippen molar-refractivity contribution < 1.29 is 9.59 Å². The lowest BCUT2D eigenvalue weighted by atomic mass is 10.2. The van der Waals surface area contributed by atoms with Crippen molar-refractivity contribution in [2.24, 2.45) is 0 Å². The molecule has 4 heterocycles. The number of benzene rings is 1. The zero-order chi connectivity index (χ0) is 23.7. The molecule has 2 amide bonds. The average Bonchev–Trinajstić information content (AvgIpc) is 3.48. The van der Waals surface area contributed by atoms with E-state index in [1.54, 1.807) is 9.80 Å². The summed E-state index contributed by atoms with van der Waals surface area (Å²) in [4.78, 5) is 52.3. The second kappa shape index (κ2) is 9.47. The van der Waals surface area contributed by atoms with Gasteiger partial charge < -0.3 is 9.80 Å². The molecule has 0 bridgehead atoms. The van der Waals surface area contributed by atoms with Crippen LogP contribution in [0.2, 0.25) is 0 Å². The Hall–Kier alpha value is -3.37. The van der Waals surface area contributed by atoms with Crippen molar-refractivity contribution in [3.8, 4) is 10.4 Å². The number of piperazine rings is 1. The fourth-order valence-electron chi connectivity index (χ4n) is 3.99. The lowest BCUT2D eigenvalue weighted by Crippen LogP contribution is -2.52. The maximum absolute atomic E-state index is 13.0. The summed E-state index contributed by atoms with van der Waals surface area (Å²) in [6.45, 7) is 3.70. The van der Waals surface area contributed by atoms with E-state index >= 15 is 0 Å². The maximum Gasteiger partial charge on any atom is 0.262 e. The van der Waals surface area contributed by atoms with Crippen LogP contribution in [-0.2, 0) is 22.6 Å². The van der Waals surface area contributed by atoms with Crippen LogP contribution in [0.1, 0.15) is 10.7 Å². The van der Waals surface area contributed by atoms with Gasteiger partial charge in [0.05, 0.1) is 18.1 Å². The topological polar surface area (TPSA) is 88.4 Å². The van der Waals surface area contributed by atoms with Crippen molar-refractivity contribution in [3.05, 3.63) is 69.2 Å². The molecule has 0 N–H and O–H groups in total. The summed E-state index contributed by atoms with van der Waals surface area (Å²) in [5, 5.41) is 3.27. The highest BCUT2D eigenvalue weighted by atomic mass is 32.1. The molecule has 3 aromatic heterocycles. The first-order chi connectivity index (χ1) is 16.5. The Labute approximate surface area is 204 Å². The predicted octanol–water partition coefficient (Wildman–Crippen LogP) is 2.80. The molecule has 0 unspecified atom stereocenters. The Bertz CT molecular complexity index is 1400. The fraction of sp³-hybridized carbons (Fsp3) is 0.292. The number of carbonyl (C=O) groups excluding carboxylic acids is 2. The quantitative estimate of drug-likeness (QED) is 0.427. The Morgan fingerprint density at radius 1 is 1.03 bits per heavy atom. The second-order valence-electron chi connectivity index (χ2n) is 8.19. The number of hydrogen-bond acceptors (Lipinski definition) is 7. The van der Waals surface area contributed by atoms with E-state index in [0.717, 1.165) is 21.1 Å². The van der Waals surface area contributed by atoms with Crippen LogP contribution >= 0.6 is 22.7 Å². The smallest absolute Gasteiger partial charge is 0.262 e. The van der Waals surface area contributed by atoms with Gasteiger partial charge in [0.1, 0.15) is 16.4 Å². The number of nitrogens with zero attached hydrogens (tertiary/aromatic N) is 5. The van der Waals surface area contributed by atoms with E-state index in [4.69, 9.17) is 0 Å². The number of amides is 2. The van der Waals surface area contributed by atoms with Gasteiger partial charge in [0.25, 0.3) is 5.56 Å². The van der Waals surface area contributed by atoms with Gasteiger partial charge in [-0.25, -0.2) is 9.97 Å². The van der Waals surface area contributed by atoms with E-state index in [9.17, 15) is 14.4 Å². The van der Waals surface area contributed by atoms with Crippen molar-refractivity contribution >= 4 is 44.7 Å². The normalized spacial score (nSPS) is 14.0. The Balaban J connectivity index is 1.22. The average molecular weight is 494 g/mol. The summed E-state index contributed by atoms with van der Waals surface area (Å²) in [6.07, 6.45) is 1.74. The number of rotatable bonds is 5. The Morgan fingerprint density at radius 2 is 1.74 bits per heavy atom. The molecule has 8 nitrogen and oxygen atoms in total. The van der Waals surface area contributed by atoms with E-state index < -0.39 is 0 Å². The molecule has 1 saturated heterocycles. The van der Waals surface area contributed by atoms with Gasteiger partial charge in [0.15, 0.2) is 0 Å². The zero-order valence-electron chi connectivity index (χ0n) is 18.6. The Kier molecular flexibility index (Phi) is 6.25. The van der Waals surface area contributed by atoms with Gasteiger partial charge in [-0.05, 0) is 18.6 Å². The van der Waals surface area contributed by atoms with Crippen molar-refractivity contribution in [3.63, 3.8) is 0 Å². The molecule has 0 radical (unpaired) electrons. The SMILES string of the molecule is Cc1csc(CC(=O)N2CCN(C(=O)Cn3cnc4sc(-c5ccccc5)cc4c3=O)CC2)n1. The van der Waals surface area contributed by atoms with E-state index in [-0.39, 0.29) is 23.9 Å². The molecule has 1 aliphatic rings. The largest absolute Gasteiger partial charge is 0.339 e. The van der Waals surface area contributed by atoms with Crippen molar-refractivity contribution in [2.45, 2.75) is 19.9 Å². The summed E-state index contributed by atoms with van der Waals surface area (Å²) in [5.41, 5.74) is 1.74. The third-order valence-corrected chi connectivity index (χ3v) is 7.89. The van der Waals surface area contributed by atoms with Crippen LogP contribution in [0.5, 0.6) is 0 Å². The minimum Gasteiger partial charge on any atom is -0.339 e. The first-order valence-corrected chi connectivity index (χ1v) is 12.7. The third kappa shape index (κ3) is 4.64. The molecular weight excluding hydrogens is 470 g/mol. The summed E-state index contributed by atoms with van der Waals surface area (Å²) >= 11 is 2.95. The van der Waals surface area contributed by atoms with Crippen LogP contribution in [-0.4, -0.2) is 62.3 Å². The molecule has 1 aromatic carbocycles. The van der Waals surface area contributed by atoms with Crippen LogP contribution in [0.4, 0.5) is 0 Å². The number of hydrogen-bond donors (Lipinski definition) is 0. The molecule has 0 aliphatic carbocycles. The lowest BCUT2D eigenvalue weighted by molar-refractivity contribution is -0.139. The highest BCUT2D eigenvalue weighted by Gasteiger charge is 2.25. The molecule has 0 spiro atoms. The third-order valence-electron chi connectivity index (χ3n) is 5.84. The van der Waals surface area contributed by atoms with Gasteiger partial charge in [0.2, 0.25) is 11.8 Å². The molecule has 34 heavy (non-hydrogen) atoms. The van der Waals surface area contributed by atoms with Crippen molar-refractivity contribution in [1.82, 2.24) is 24.3 Å². The molecule has 0 atom stereocenters. The number of carbonyl (C=O) groups is 2. The summed E-state index contributed by atoms with van der Waals surface area (Å²) in [6, 6.07) is 11.7. The van der Waals surface area contributed by atoms with Gasteiger partial charge >= 0.3 is 0 Å². The highest BCUT2D eigenvalue weighted by molar-refractivity contribution is 7.21. The van der Waals surface area contributed by atoms with Crippen molar-refractivity contribution in [1.29, 1.82) is 0 Å². The number of aromatic nitrogens is 3. The lowest BCUT2D eigenvalue weighted by Gasteiger charge is -2.34. The number of thiazole rings is 1. The zero-order valence-corrected chi connectivity index (χ0v) is 20.3. The predicted molar refractivity (Wildman–Crippen MR) is 133 cm³/mol. The molecule has 174 valence electrons. The monoisotopic (exact) mass is 493 g/mol. The molecule has 1 aliphatic heterocycles. The van der Waals surface area contributed by atoms with Gasteiger partial charge in [0, 0.05) is 42.1 Å². The van der Waals surface area contributed by atoms with E-state index in [2.05, 4.69) is 9.97 Å². The number of aryl methyl sites for hydroxylation is 1. The molecule has 0 saturated carbocycles. The first-order valence-electron chi connectivity index (χ1n) is 11.0. The van der Waals surface area contributed by atoms with E-state index in [1.807, 2.05) is 48.7 Å². The van der Waals surface area contributed by atoms with Crippen LogP contribution in [0.3, 0.4) is 0 Å². The van der Waals surface area contributed by atoms with Crippen LogP contribution in [0, 0.1) is 6.92 Å². The van der Waals surface area contributed by atoms with Gasteiger partial charge in [-0.3, -0.25) is 19.0 Å². The van der Waals surface area contributed by atoms with Gasteiger partial charge in [-0.1, -0.05) is 30.3 Å². The molecular formula is C24H23N5O3S2. The molecule has 1 fully saturated rings. The van der Waals surface area contributed by atoms with E-state index in [0.29, 0.717) is 42.8 Å². The first kappa shape index (κ1) is 22.4. The number of thiophene rings is 1. The van der Waals surface area contributed by atoms with E-state index in [1.165, 1.54) is 33.6 Å². The molecule has 5 rings (SSSR count). The summed E-state index contributed by atoms with van der Waals surface area (Å²) in [7, 11) is 0. The summed E-state index contributed by atoms with van der Waals surface area (Å²) in [5.74, 6) is -0.122. The standard InChI is InChI=1S/C24H23N5O3S2/c1-16-14-33-20(26-16)12-21(30)27-7-9-28(10-8-27)22(31)13-29-15-25-23-18(24(29)32)11-19(34-23)17-5-3-2-4-6-17/h2-6,11,14-15H,7-10,12-13H2,1H3.